The molecule has 2 rings (SSSR count). The molecule has 1 atom stereocenters. The van der Waals surface area contributed by atoms with Crippen LogP contribution in [0.2, 0.25) is 0 Å². The molecule has 2 aromatic rings. The zero-order valence-electron chi connectivity index (χ0n) is 20.2. The van der Waals surface area contributed by atoms with Gasteiger partial charge in [-0.15, -0.1) is 11.3 Å². The van der Waals surface area contributed by atoms with Crippen LogP contribution in [0.4, 0.5) is 0 Å². The number of benzene rings is 1. The molecule has 4 nitrogen and oxygen atoms in total. The largest absolute Gasteiger partial charge is 0.488 e. The molecule has 174 valence electrons. The average Bonchev–Trinajstić information content (AvgIpc) is 3.06. The molecule has 0 amide bonds. The summed E-state index contributed by atoms with van der Waals surface area (Å²) < 4.78 is 5.52. The van der Waals surface area contributed by atoms with E-state index in [0.29, 0.717) is 5.75 Å². The molecule has 0 fully saturated rings. The Balaban J connectivity index is 2.33. The van der Waals surface area contributed by atoms with Crippen molar-refractivity contribution in [2.45, 2.75) is 92.0 Å². The first-order valence-corrected chi connectivity index (χ1v) is 12.1. The molecule has 5 heteroatoms. The predicted molar refractivity (Wildman–Crippen MR) is 129 cm³/mol. The number of hydrogen-bond acceptors (Lipinski definition) is 5. The topological polar surface area (TPSA) is 69.9 Å². The summed E-state index contributed by atoms with van der Waals surface area (Å²) in [6.45, 7) is 14.8. The zero-order chi connectivity index (χ0) is 23.4. The van der Waals surface area contributed by atoms with E-state index in [2.05, 4.69) is 59.7 Å². The highest BCUT2D eigenvalue weighted by molar-refractivity contribution is 7.12. The molecule has 31 heavy (non-hydrogen) atoms. The van der Waals surface area contributed by atoms with Gasteiger partial charge in [0.2, 0.25) is 0 Å². The Morgan fingerprint density at radius 3 is 2.13 bits per heavy atom. The minimum absolute atomic E-state index is 0.0733. The maximum absolute atomic E-state index is 10.5. The molecule has 0 saturated carbocycles. The van der Waals surface area contributed by atoms with E-state index in [1.807, 2.05) is 24.3 Å². The summed E-state index contributed by atoms with van der Waals surface area (Å²) in [4.78, 5) is 2.73. The molecule has 0 bridgehead atoms. The molecule has 1 aromatic heterocycles. The Morgan fingerprint density at radius 1 is 0.968 bits per heavy atom. The lowest BCUT2D eigenvalue weighted by atomic mass is 9.74. The third-order valence-corrected chi connectivity index (χ3v) is 7.96. The molecule has 0 radical (unpaired) electrons. The van der Waals surface area contributed by atoms with Gasteiger partial charge in [0.1, 0.15) is 12.4 Å². The van der Waals surface area contributed by atoms with E-state index in [9.17, 15) is 5.11 Å². The minimum Gasteiger partial charge on any atom is -0.488 e. The standard InChI is InChI=1S/C26H40O4S/c1-8-26(9-2,19-10-11-20(17(3)14-19)30-16-24(28)29)23-15-18(4)21(31-23)12-13-22(27)25(5,6)7/h10-11,14-15,22,24,27-29H,8-9,12-13,16H2,1-7H3. The van der Waals surface area contributed by atoms with Gasteiger partial charge in [-0.05, 0) is 73.8 Å². The highest BCUT2D eigenvalue weighted by Crippen LogP contribution is 2.44. The Labute approximate surface area is 191 Å². The zero-order valence-corrected chi connectivity index (χ0v) is 21.0. The molecule has 1 unspecified atom stereocenters. The van der Waals surface area contributed by atoms with Crippen LogP contribution in [0.1, 0.15) is 80.3 Å². The van der Waals surface area contributed by atoms with Crippen LogP contribution in [-0.2, 0) is 11.8 Å². The predicted octanol–water partition coefficient (Wildman–Crippen LogP) is 5.50. The maximum Gasteiger partial charge on any atom is 0.186 e. The van der Waals surface area contributed by atoms with Gasteiger partial charge in [-0.2, -0.15) is 0 Å². The summed E-state index contributed by atoms with van der Waals surface area (Å²) in [6, 6.07) is 8.55. The summed E-state index contributed by atoms with van der Waals surface area (Å²) in [5.41, 5.74) is 3.38. The molecule has 0 spiro atoms. The summed E-state index contributed by atoms with van der Waals surface area (Å²) in [7, 11) is 0. The van der Waals surface area contributed by atoms with E-state index in [1.165, 1.54) is 20.9 Å². The first-order valence-electron chi connectivity index (χ1n) is 11.3. The van der Waals surface area contributed by atoms with E-state index in [0.717, 1.165) is 31.2 Å². The number of ether oxygens (including phenoxy) is 1. The van der Waals surface area contributed by atoms with Crippen molar-refractivity contribution >= 4 is 11.3 Å². The summed E-state index contributed by atoms with van der Waals surface area (Å²) >= 11 is 1.88. The van der Waals surface area contributed by atoms with Gasteiger partial charge in [0.05, 0.1) is 6.10 Å². The molecular formula is C26H40O4S. The minimum atomic E-state index is -1.48. The van der Waals surface area contributed by atoms with Crippen molar-refractivity contribution < 1.29 is 20.1 Å². The van der Waals surface area contributed by atoms with Crippen LogP contribution in [0.5, 0.6) is 5.75 Å². The molecule has 0 aliphatic carbocycles. The van der Waals surface area contributed by atoms with Crippen LogP contribution >= 0.6 is 11.3 Å². The van der Waals surface area contributed by atoms with E-state index >= 15 is 0 Å². The van der Waals surface area contributed by atoms with E-state index < -0.39 is 6.29 Å². The second kappa shape index (κ2) is 10.5. The summed E-state index contributed by atoms with van der Waals surface area (Å²) in [5, 5.41) is 28.6. The van der Waals surface area contributed by atoms with Gasteiger partial charge < -0.3 is 20.1 Å². The Morgan fingerprint density at radius 2 is 1.61 bits per heavy atom. The summed E-state index contributed by atoms with van der Waals surface area (Å²) in [5.74, 6) is 0.678. The Hall–Kier alpha value is -1.40. The van der Waals surface area contributed by atoms with E-state index in [1.54, 1.807) is 0 Å². The fraction of sp³-hybridized carbons (Fsp3) is 0.615. The van der Waals surface area contributed by atoms with E-state index in [-0.39, 0.29) is 23.5 Å². The number of aryl methyl sites for hydroxylation is 3. The number of aliphatic hydroxyl groups is 3. The average molecular weight is 449 g/mol. The third kappa shape index (κ3) is 6.10. The van der Waals surface area contributed by atoms with Crippen LogP contribution in [0, 0.1) is 19.3 Å². The molecular weight excluding hydrogens is 408 g/mol. The van der Waals surface area contributed by atoms with Crippen LogP contribution in [0.25, 0.3) is 0 Å². The van der Waals surface area contributed by atoms with Gasteiger partial charge in [-0.1, -0.05) is 46.8 Å². The normalized spacial score (nSPS) is 13.6. The highest BCUT2D eigenvalue weighted by Gasteiger charge is 2.33. The van der Waals surface area contributed by atoms with Gasteiger partial charge in [0, 0.05) is 15.2 Å². The lowest BCUT2D eigenvalue weighted by molar-refractivity contribution is -0.0681. The maximum atomic E-state index is 10.5. The van der Waals surface area contributed by atoms with Crippen molar-refractivity contribution in [2.24, 2.45) is 5.41 Å². The lowest BCUT2D eigenvalue weighted by Gasteiger charge is -2.32. The van der Waals surface area contributed by atoms with Crippen molar-refractivity contribution in [2.75, 3.05) is 6.61 Å². The lowest BCUT2D eigenvalue weighted by Crippen LogP contribution is -2.26. The quantitative estimate of drug-likeness (QED) is 0.420. The van der Waals surface area contributed by atoms with Crippen molar-refractivity contribution in [1.82, 2.24) is 0 Å². The van der Waals surface area contributed by atoms with Crippen LogP contribution < -0.4 is 4.74 Å². The van der Waals surface area contributed by atoms with Crippen molar-refractivity contribution in [1.29, 1.82) is 0 Å². The summed E-state index contributed by atoms with van der Waals surface area (Å²) in [6.07, 6.45) is 1.86. The van der Waals surface area contributed by atoms with Crippen LogP contribution in [0.3, 0.4) is 0 Å². The number of aliphatic hydroxyl groups excluding tert-OH is 2. The second-order valence-corrected chi connectivity index (χ2v) is 10.8. The van der Waals surface area contributed by atoms with Gasteiger partial charge >= 0.3 is 0 Å². The SMILES string of the molecule is CCC(CC)(c1ccc(OCC(O)O)c(C)c1)c1cc(C)c(CCC(O)C(C)(C)C)s1. The fourth-order valence-electron chi connectivity index (χ4n) is 4.13. The number of thiophene rings is 1. The molecule has 1 aromatic carbocycles. The van der Waals surface area contributed by atoms with Gasteiger partial charge in [0.15, 0.2) is 6.29 Å². The number of rotatable bonds is 10. The van der Waals surface area contributed by atoms with Crippen molar-refractivity contribution in [3.8, 4) is 5.75 Å². The molecule has 1 heterocycles. The monoisotopic (exact) mass is 448 g/mol. The van der Waals surface area contributed by atoms with Crippen LogP contribution in [0.15, 0.2) is 24.3 Å². The van der Waals surface area contributed by atoms with Gasteiger partial charge in [0.25, 0.3) is 0 Å². The molecule has 0 aliphatic heterocycles. The number of hydrogen-bond donors (Lipinski definition) is 3. The fourth-order valence-corrected chi connectivity index (χ4v) is 5.67. The Bertz CT molecular complexity index is 844. The second-order valence-electron chi connectivity index (χ2n) is 9.70. The van der Waals surface area contributed by atoms with Gasteiger partial charge in [-0.3, -0.25) is 0 Å². The molecule has 0 saturated heterocycles. The van der Waals surface area contributed by atoms with Crippen molar-refractivity contribution in [3.63, 3.8) is 0 Å². The first kappa shape index (κ1) is 25.9. The van der Waals surface area contributed by atoms with E-state index in [4.69, 9.17) is 14.9 Å². The van der Waals surface area contributed by atoms with Crippen LogP contribution in [-0.4, -0.2) is 34.3 Å². The van der Waals surface area contributed by atoms with Gasteiger partial charge in [-0.25, -0.2) is 0 Å². The molecule has 0 aliphatic rings. The first-order chi connectivity index (χ1) is 14.4. The third-order valence-electron chi connectivity index (χ3n) is 6.46. The Kier molecular flexibility index (Phi) is 8.74. The van der Waals surface area contributed by atoms with Crippen molar-refractivity contribution in [3.05, 3.63) is 50.7 Å². The highest BCUT2D eigenvalue weighted by atomic mass is 32.1. The smallest absolute Gasteiger partial charge is 0.186 e. The molecule has 3 N–H and O–H groups in total.